The summed E-state index contributed by atoms with van der Waals surface area (Å²) in [6.07, 6.45) is 1.20. The Kier molecular flexibility index (Phi) is 4.66. The molecule has 86 valence electrons. The number of hydrogen-bond donors (Lipinski definition) is 0. The smallest absolute Gasteiger partial charge is 0.148 e. The van der Waals surface area contributed by atoms with E-state index >= 15 is 0 Å². The molecule has 0 aliphatic heterocycles. The number of rotatable bonds is 4. The summed E-state index contributed by atoms with van der Waals surface area (Å²) in [4.78, 5) is 0.796. The molecule has 0 N–H and O–H groups in total. The van der Waals surface area contributed by atoms with Gasteiger partial charge in [0.25, 0.3) is 0 Å². The average Bonchev–Trinajstić information content (AvgIpc) is 2.18. The molecule has 1 aromatic rings. The van der Waals surface area contributed by atoms with Crippen LogP contribution >= 0.6 is 23.4 Å². The molecule has 6 heteroatoms. The highest BCUT2D eigenvalue weighted by Crippen LogP contribution is 2.27. The van der Waals surface area contributed by atoms with Crippen LogP contribution in [0.4, 0.5) is 0 Å². The fraction of sp³-hybridized carbons (Fsp3) is 0.300. The summed E-state index contributed by atoms with van der Waals surface area (Å²) in [5.41, 5.74) is 0.498. The van der Waals surface area contributed by atoms with E-state index in [1.807, 2.05) is 6.07 Å². The first kappa shape index (κ1) is 13.4. The molecule has 0 spiro atoms. The number of halogens is 1. The second kappa shape index (κ2) is 5.58. The summed E-state index contributed by atoms with van der Waals surface area (Å²) in [5, 5.41) is 9.12. The molecule has 0 unspecified atom stereocenters. The zero-order chi connectivity index (χ0) is 12.2. The summed E-state index contributed by atoms with van der Waals surface area (Å²) in [7, 11) is -2.94. The van der Waals surface area contributed by atoms with Crippen molar-refractivity contribution in [3.63, 3.8) is 0 Å². The van der Waals surface area contributed by atoms with Gasteiger partial charge < -0.3 is 0 Å². The number of sulfone groups is 1. The number of benzene rings is 1. The molecule has 1 rings (SSSR count). The van der Waals surface area contributed by atoms with E-state index in [1.165, 1.54) is 18.0 Å². The molecule has 0 aliphatic carbocycles. The van der Waals surface area contributed by atoms with Gasteiger partial charge >= 0.3 is 0 Å². The van der Waals surface area contributed by atoms with Gasteiger partial charge in [-0.2, -0.15) is 5.26 Å². The highest BCUT2D eigenvalue weighted by molar-refractivity contribution is 8.00. The van der Waals surface area contributed by atoms with Crippen LogP contribution in [0.2, 0.25) is 5.02 Å². The molecule has 0 bridgehead atoms. The maximum absolute atomic E-state index is 10.9. The van der Waals surface area contributed by atoms with Crippen molar-refractivity contribution in [3.05, 3.63) is 28.8 Å². The number of nitrogens with zero attached hydrogens (tertiary/aromatic N) is 1. The Morgan fingerprint density at radius 2 is 2.19 bits per heavy atom. The molecule has 0 amide bonds. The van der Waals surface area contributed by atoms with Crippen molar-refractivity contribution in [2.24, 2.45) is 0 Å². The quantitative estimate of drug-likeness (QED) is 0.792. The normalized spacial score (nSPS) is 11.1. The van der Waals surface area contributed by atoms with E-state index in [-0.39, 0.29) is 5.75 Å². The van der Waals surface area contributed by atoms with E-state index in [2.05, 4.69) is 0 Å². The molecule has 16 heavy (non-hydrogen) atoms. The predicted molar refractivity (Wildman–Crippen MR) is 66.6 cm³/mol. The third-order valence-electron chi connectivity index (χ3n) is 1.77. The van der Waals surface area contributed by atoms with Gasteiger partial charge in [-0.25, -0.2) is 8.42 Å². The van der Waals surface area contributed by atoms with Crippen molar-refractivity contribution in [1.29, 1.82) is 5.26 Å². The summed E-state index contributed by atoms with van der Waals surface area (Å²) in [6, 6.07) is 6.95. The van der Waals surface area contributed by atoms with Crippen LogP contribution < -0.4 is 0 Å². The Balaban J connectivity index is 2.66. The molecule has 1 aromatic carbocycles. The largest absolute Gasteiger partial charge is 0.229 e. The summed E-state index contributed by atoms with van der Waals surface area (Å²) < 4.78 is 21.8. The first-order chi connectivity index (χ1) is 7.42. The van der Waals surface area contributed by atoms with Crippen molar-refractivity contribution < 1.29 is 8.42 Å². The fourth-order valence-corrected chi connectivity index (χ4v) is 3.46. The summed E-state index contributed by atoms with van der Waals surface area (Å²) in [6.45, 7) is 0. The van der Waals surface area contributed by atoms with E-state index in [9.17, 15) is 8.42 Å². The predicted octanol–water partition coefficient (Wildman–Crippen LogP) is 2.35. The lowest BCUT2D eigenvalue weighted by Gasteiger charge is -2.03. The third-order valence-corrected chi connectivity index (χ3v) is 4.48. The van der Waals surface area contributed by atoms with E-state index in [0.29, 0.717) is 16.3 Å². The molecule has 0 radical (unpaired) electrons. The third kappa shape index (κ3) is 4.44. The minimum absolute atomic E-state index is 0.119. The summed E-state index contributed by atoms with van der Waals surface area (Å²) in [5.74, 6) is 0.582. The monoisotopic (exact) mass is 275 g/mol. The Morgan fingerprint density at radius 1 is 1.50 bits per heavy atom. The number of hydrogen-bond acceptors (Lipinski definition) is 4. The summed E-state index contributed by atoms with van der Waals surface area (Å²) >= 11 is 7.31. The van der Waals surface area contributed by atoms with Gasteiger partial charge in [-0.05, 0) is 18.2 Å². The zero-order valence-electron chi connectivity index (χ0n) is 8.60. The van der Waals surface area contributed by atoms with Crippen LogP contribution in [0.3, 0.4) is 0 Å². The molecule has 3 nitrogen and oxygen atoms in total. The van der Waals surface area contributed by atoms with Crippen molar-refractivity contribution in [1.82, 2.24) is 0 Å². The van der Waals surface area contributed by atoms with Crippen LogP contribution in [-0.2, 0) is 9.84 Å². The maximum atomic E-state index is 10.9. The van der Waals surface area contributed by atoms with Crippen LogP contribution in [0.25, 0.3) is 0 Å². The first-order valence-corrected chi connectivity index (χ1v) is 7.85. The first-order valence-electron chi connectivity index (χ1n) is 4.42. The minimum Gasteiger partial charge on any atom is -0.229 e. The van der Waals surface area contributed by atoms with Gasteiger partial charge in [-0.1, -0.05) is 11.6 Å². The molecule has 0 atom stereocenters. The van der Waals surface area contributed by atoms with Crippen LogP contribution in [0.15, 0.2) is 23.1 Å². The number of nitriles is 1. The topological polar surface area (TPSA) is 57.9 Å². The van der Waals surface area contributed by atoms with Gasteiger partial charge in [0, 0.05) is 16.9 Å². The maximum Gasteiger partial charge on any atom is 0.148 e. The molecule has 0 aliphatic rings. The van der Waals surface area contributed by atoms with Gasteiger partial charge in [0.2, 0.25) is 0 Å². The molecule has 0 saturated carbocycles. The lowest BCUT2D eigenvalue weighted by molar-refractivity contribution is 0.603. The van der Waals surface area contributed by atoms with Gasteiger partial charge in [0.15, 0.2) is 0 Å². The van der Waals surface area contributed by atoms with Crippen LogP contribution in [0.5, 0.6) is 0 Å². The van der Waals surface area contributed by atoms with Crippen LogP contribution in [0, 0.1) is 11.3 Å². The Morgan fingerprint density at radius 3 is 2.69 bits per heavy atom. The zero-order valence-corrected chi connectivity index (χ0v) is 11.0. The fourth-order valence-electron chi connectivity index (χ4n) is 0.990. The Bertz CT molecular complexity index is 520. The lowest BCUT2D eigenvalue weighted by Crippen LogP contribution is -2.04. The molecule has 0 heterocycles. The minimum atomic E-state index is -2.94. The van der Waals surface area contributed by atoms with Gasteiger partial charge in [0.1, 0.15) is 9.84 Å². The highest BCUT2D eigenvalue weighted by Gasteiger charge is 2.05. The van der Waals surface area contributed by atoms with Crippen molar-refractivity contribution in [3.8, 4) is 6.07 Å². The van der Waals surface area contributed by atoms with Crippen LogP contribution in [0.1, 0.15) is 5.56 Å². The average molecular weight is 276 g/mol. The SMILES string of the molecule is CS(=O)(=O)CCSc1ccc(C#N)cc1Cl. The lowest BCUT2D eigenvalue weighted by atomic mass is 10.2. The van der Waals surface area contributed by atoms with E-state index in [0.717, 1.165) is 4.90 Å². The second-order valence-electron chi connectivity index (χ2n) is 3.24. The van der Waals surface area contributed by atoms with Crippen molar-refractivity contribution in [2.45, 2.75) is 4.90 Å². The molecule has 0 fully saturated rings. The van der Waals surface area contributed by atoms with Gasteiger partial charge in [-0.15, -0.1) is 11.8 Å². The van der Waals surface area contributed by atoms with E-state index < -0.39 is 9.84 Å². The van der Waals surface area contributed by atoms with Crippen LogP contribution in [-0.4, -0.2) is 26.2 Å². The highest BCUT2D eigenvalue weighted by atomic mass is 35.5. The number of thioether (sulfide) groups is 1. The van der Waals surface area contributed by atoms with Crippen molar-refractivity contribution in [2.75, 3.05) is 17.8 Å². The van der Waals surface area contributed by atoms with Gasteiger partial charge in [-0.3, -0.25) is 0 Å². The molecular formula is C10H10ClNO2S2. The van der Waals surface area contributed by atoms with Gasteiger partial charge in [0.05, 0.1) is 22.4 Å². The van der Waals surface area contributed by atoms with Crippen molar-refractivity contribution >= 4 is 33.2 Å². The van der Waals surface area contributed by atoms with E-state index in [1.54, 1.807) is 18.2 Å². The standard InChI is InChI=1S/C10H10ClNO2S2/c1-16(13,14)5-4-15-10-3-2-8(7-12)6-9(10)11/h2-3,6H,4-5H2,1H3. The Labute approximate surface area is 104 Å². The molecular weight excluding hydrogens is 266 g/mol. The van der Waals surface area contributed by atoms with E-state index in [4.69, 9.17) is 16.9 Å². The second-order valence-corrected chi connectivity index (χ2v) is 7.04. The Hall–Kier alpha value is -0.700. The molecule has 0 saturated heterocycles. The molecule has 0 aromatic heterocycles.